The number of aromatic nitrogens is 2. The second-order valence-electron chi connectivity index (χ2n) is 4.82. The zero-order chi connectivity index (χ0) is 14.2. The molecule has 1 aromatic heterocycles. The van der Waals surface area contributed by atoms with Crippen molar-refractivity contribution in [2.45, 2.75) is 30.5 Å². The van der Waals surface area contributed by atoms with E-state index in [-0.39, 0.29) is 11.1 Å². The van der Waals surface area contributed by atoms with E-state index >= 15 is 0 Å². The molecular formula is C13H16N4O2S. The van der Waals surface area contributed by atoms with Crippen LogP contribution in [-0.4, -0.2) is 24.7 Å². The number of hydrogen-bond acceptors (Lipinski definition) is 4. The van der Waals surface area contributed by atoms with Crippen LogP contribution in [0, 0.1) is 0 Å². The lowest BCUT2D eigenvalue weighted by atomic mass is 10.2. The predicted octanol–water partition coefficient (Wildman–Crippen LogP) is 1.23. The fraction of sp³-hybridized carbons (Fsp3) is 0.308. The van der Waals surface area contributed by atoms with Crippen LogP contribution in [0.3, 0.4) is 0 Å². The molecule has 3 N–H and O–H groups in total. The van der Waals surface area contributed by atoms with E-state index in [1.165, 1.54) is 16.6 Å². The Bertz CT molecular complexity index is 676. The Hall–Kier alpha value is -1.86. The minimum absolute atomic E-state index is 0.0343. The average Bonchev–Trinajstić information content (AvgIpc) is 3.10. The van der Waals surface area contributed by atoms with Crippen LogP contribution in [0.5, 0.6) is 0 Å². The SMILES string of the molecule is NCc1ccc(N(C2CC2)S(=O)(=O)c2ccn[nH]2)cc1. The van der Waals surface area contributed by atoms with Crippen molar-refractivity contribution in [3.05, 3.63) is 42.1 Å². The summed E-state index contributed by atoms with van der Waals surface area (Å²) in [6, 6.07) is 8.81. The van der Waals surface area contributed by atoms with E-state index < -0.39 is 10.0 Å². The number of rotatable bonds is 5. The summed E-state index contributed by atoms with van der Waals surface area (Å²) in [5.74, 6) is 0. The van der Waals surface area contributed by atoms with Crippen molar-refractivity contribution in [3.63, 3.8) is 0 Å². The number of sulfonamides is 1. The lowest BCUT2D eigenvalue weighted by Gasteiger charge is -2.23. The molecule has 7 heteroatoms. The van der Waals surface area contributed by atoms with Crippen molar-refractivity contribution in [2.75, 3.05) is 4.31 Å². The number of aromatic amines is 1. The molecule has 0 amide bonds. The van der Waals surface area contributed by atoms with E-state index in [1.54, 1.807) is 12.1 Å². The summed E-state index contributed by atoms with van der Waals surface area (Å²) in [5, 5.41) is 6.38. The molecule has 3 rings (SSSR count). The van der Waals surface area contributed by atoms with Crippen molar-refractivity contribution in [1.29, 1.82) is 0 Å². The molecule has 1 aromatic carbocycles. The molecule has 106 valence electrons. The maximum atomic E-state index is 12.7. The Morgan fingerprint density at radius 3 is 2.45 bits per heavy atom. The van der Waals surface area contributed by atoms with Crippen molar-refractivity contribution >= 4 is 15.7 Å². The van der Waals surface area contributed by atoms with Crippen LogP contribution < -0.4 is 10.0 Å². The minimum Gasteiger partial charge on any atom is -0.326 e. The maximum absolute atomic E-state index is 12.7. The van der Waals surface area contributed by atoms with E-state index in [4.69, 9.17) is 5.73 Å². The monoisotopic (exact) mass is 292 g/mol. The number of H-pyrrole nitrogens is 1. The van der Waals surface area contributed by atoms with Crippen LogP contribution in [-0.2, 0) is 16.6 Å². The molecule has 1 heterocycles. The first-order valence-corrected chi connectivity index (χ1v) is 7.90. The second kappa shape index (κ2) is 4.92. The molecular weight excluding hydrogens is 276 g/mol. The molecule has 1 aliphatic carbocycles. The molecule has 20 heavy (non-hydrogen) atoms. The summed E-state index contributed by atoms with van der Waals surface area (Å²) in [6.07, 6.45) is 3.20. The summed E-state index contributed by atoms with van der Waals surface area (Å²) >= 11 is 0. The Morgan fingerprint density at radius 2 is 1.95 bits per heavy atom. The van der Waals surface area contributed by atoms with Gasteiger partial charge in [-0.2, -0.15) is 13.5 Å². The summed E-state index contributed by atoms with van der Waals surface area (Å²) in [4.78, 5) is 0. The van der Waals surface area contributed by atoms with Gasteiger partial charge < -0.3 is 5.73 Å². The third-order valence-electron chi connectivity index (χ3n) is 3.32. The van der Waals surface area contributed by atoms with Crippen LogP contribution in [0.2, 0.25) is 0 Å². The van der Waals surface area contributed by atoms with Gasteiger partial charge in [0.05, 0.1) is 11.9 Å². The predicted molar refractivity (Wildman–Crippen MR) is 75.6 cm³/mol. The highest BCUT2D eigenvalue weighted by atomic mass is 32.2. The number of hydrogen-bond donors (Lipinski definition) is 2. The minimum atomic E-state index is -3.58. The Morgan fingerprint density at radius 1 is 1.25 bits per heavy atom. The quantitative estimate of drug-likeness (QED) is 0.867. The van der Waals surface area contributed by atoms with Crippen LogP contribution in [0.25, 0.3) is 0 Å². The van der Waals surface area contributed by atoms with E-state index in [9.17, 15) is 8.42 Å². The first-order chi connectivity index (χ1) is 9.63. The molecule has 0 bridgehead atoms. The summed E-state index contributed by atoms with van der Waals surface area (Å²) in [6.45, 7) is 0.441. The van der Waals surface area contributed by atoms with Gasteiger partial charge in [0.25, 0.3) is 10.0 Å². The number of benzene rings is 1. The molecule has 1 fully saturated rings. The number of nitrogens with zero attached hydrogens (tertiary/aromatic N) is 2. The van der Waals surface area contributed by atoms with Gasteiger partial charge in [-0.25, -0.2) is 0 Å². The molecule has 2 aromatic rings. The molecule has 0 radical (unpaired) electrons. The van der Waals surface area contributed by atoms with E-state index in [2.05, 4.69) is 10.2 Å². The molecule has 0 unspecified atom stereocenters. The number of nitrogens with one attached hydrogen (secondary N) is 1. The van der Waals surface area contributed by atoms with E-state index in [0.29, 0.717) is 12.2 Å². The highest BCUT2D eigenvalue weighted by Gasteiger charge is 2.38. The van der Waals surface area contributed by atoms with Gasteiger partial charge in [0.15, 0.2) is 5.03 Å². The smallest absolute Gasteiger partial charge is 0.281 e. The summed E-state index contributed by atoms with van der Waals surface area (Å²) < 4.78 is 26.8. The lowest BCUT2D eigenvalue weighted by Crippen LogP contribution is -2.33. The average molecular weight is 292 g/mol. The van der Waals surface area contributed by atoms with Crippen LogP contribution in [0.1, 0.15) is 18.4 Å². The lowest BCUT2D eigenvalue weighted by molar-refractivity contribution is 0.586. The van der Waals surface area contributed by atoms with Crippen LogP contribution in [0.15, 0.2) is 41.6 Å². The fourth-order valence-corrected chi connectivity index (χ4v) is 3.74. The van der Waals surface area contributed by atoms with E-state index in [0.717, 1.165) is 18.4 Å². The number of nitrogens with two attached hydrogens (primary N) is 1. The molecule has 1 aliphatic rings. The highest BCUT2D eigenvalue weighted by molar-refractivity contribution is 7.92. The first kappa shape index (κ1) is 13.1. The second-order valence-corrected chi connectivity index (χ2v) is 6.61. The Kier molecular flexibility index (Phi) is 3.23. The summed E-state index contributed by atoms with van der Waals surface area (Å²) in [5.41, 5.74) is 7.21. The van der Waals surface area contributed by atoms with Gasteiger partial charge in [0, 0.05) is 12.6 Å². The van der Waals surface area contributed by atoms with Gasteiger partial charge >= 0.3 is 0 Å². The molecule has 0 spiro atoms. The zero-order valence-electron chi connectivity index (χ0n) is 10.9. The molecule has 1 saturated carbocycles. The molecule has 0 atom stereocenters. The number of anilines is 1. The molecule has 6 nitrogen and oxygen atoms in total. The van der Waals surface area contributed by atoms with Crippen molar-refractivity contribution < 1.29 is 8.42 Å². The Labute approximate surface area is 117 Å². The third kappa shape index (κ3) is 2.30. The van der Waals surface area contributed by atoms with Crippen molar-refractivity contribution in [1.82, 2.24) is 10.2 Å². The summed E-state index contributed by atoms with van der Waals surface area (Å²) in [7, 11) is -3.58. The van der Waals surface area contributed by atoms with E-state index in [1.807, 2.05) is 12.1 Å². The molecule has 0 saturated heterocycles. The largest absolute Gasteiger partial charge is 0.326 e. The van der Waals surface area contributed by atoms with Gasteiger partial charge in [-0.05, 0) is 36.6 Å². The van der Waals surface area contributed by atoms with Gasteiger partial charge in [-0.15, -0.1) is 0 Å². The Balaban J connectivity index is 2.01. The topological polar surface area (TPSA) is 92.1 Å². The third-order valence-corrected chi connectivity index (χ3v) is 5.13. The fourth-order valence-electron chi connectivity index (χ4n) is 2.13. The molecule has 0 aliphatic heterocycles. The van der Waals surface area contributed by atoms with Crippen LogP contribution in [0.4, 0.5) is 5.69 Å². The van der Waals surface area contributed by atoms with Gasteiger partial charge in [-0.1, -0.05) is 12.1 Å². The highest BCUT2D eigenvalue weighted by Crippen LogP contribution is 2.36. The standard InChI is InChI=1S/C13H16N4O2S/c14-9-10-1-3-11(4-2-10)17(12-5-6-12)20(18,19)13-7-8-15-16-13/h1-4,7-8,12H,5-6,9,14H2,(H,15,16). The van der Waals surface area contributed by atoms with Gasteiger partial charge in [-0.3, -0.25) is 9.40 Å². The first-order valence-electron chi connectivity index (χ1n) is 6.46. The normalized spacial score (nSPS) is 15.2. The zero-order valence-corrected chi connectivity index (χ0v) is 11.7. The van der Waals surface area contributed by atoms with Gasteiger partial charge in [0.1, 0.15) is 0 Å². The van der Waals surface area contributed by atoms with Crippen molar-refractivity contribution in [2.24, 2.45) is 5.73 Å². The maximum Gasteiger partial charge on any atom is 0.281 e. The van der Waals surface area contributed by atoms with Crippen molar-refractivity contribution in [3.8, 4) is 0 Å². The van der Waals surface area contributed by atoms with Gasteiger partial charge in [0.2, 0.25) is 0 Å². The van der Waals surface area contributed by atoms with Crippen LogP contribution >= 0.6 is 0 Å².